The summed E-state index contributed by atoms with van der Waals surface area (Å²) >= 11 is 0. The smallest absolute Gasteiger partial charge is 0.343 e. The summed E-state index contributed by atoms with van der Waals surface area (Å²) in [5.74, 6) is 1.12. The molecule has 2 aliphatic heterocycles. The molecule has 1 saturated carbocycles. The number of nitrogens with two attached hydrogens (primary N) is 2. The maximum Gasteiger partial charge on any atom is 0.343 e. The lowest BCUT2D eigenvalue weighted by Gasteiger charge is -2.39. The predicted molar refractivity (Wildman–Crippen MR) is 247 cm³/mol. The van der Waals surface area contributed by atoms with Crippen molar-refractivity contribution in [2.75, 3.05) is 38.8 Å². The number of ether oxygens (including phenoxy) is 2. The number of aromatic nitrogens is 10. The molecule has 22 nitrogen and oxygen atoms in total. The number of azo groups is 2. The number of anilines is 2. The van der Waals surface area contributed by atoms with E-state index in [9.17, 15) is 9.59 Å². The Morgan fingerprint density at radius 3 is 1.96 bits per heavy atom. The van der Waals surface area contributed by atoms with Crippen molar-refractivity contribution in [3.8, 4) is 11.6 Å². The lowest BCUT2D eigenvalue weighted by molar-refractivity contribution is 0.0592. The number of hydrogen-bond acceptors (Lipinski definition) is 18. The molecule has 0 radical (unpaired) electrons. The van der Waals surface area contributed by atoms with E-state index in [1.165, 1.54) is 61.6 Å². The van der Waals surface area contributed by atoms with Gasteiger partial charge in [-0.1, -0.05) is 57.1 Å². The fourth-order valence-corrected chi connectivity index (χ4v) is 10.4. The quantitative estimate of drug-likeness (QED) is 0.0620. The Balaban J connectivity index is 1.15. The van der Waals surface area contributed by atoms with Crippen molar-refractivity contribution in [3.05, 3.63) is 59.5 Å². The maximum atomic E-state index is 12.7. The molecule has 354 valence electrons. The molecule has 5 N–H and O–H groups in total. The van der Waals surface area contributed by atoms with E-state index in [2.05, 4.69) is 52.8 Å². The minimum Gasteiger partial charge on any atom is -0.465 e. The number of carbonyl (C=O) groups excluding carboxylic acids is 2. The summed E-state index contributed by atoms with van der Waals surface area (Å²) in [6.45, 7) is 1.70. The van der Waals surface area contributed by atoms with E-state index >= 15 is 0 Å². The highest BCUT2D eigenvalue weighted by Crippen LogP contribution is 2.46. The first-order chi connectivity index (χ1) is 32.7. The molecule has 67 heavy (non-hydrogen) atoms. The van der Waals surface area contributed by atoms with Crippen molar-refractivity contribution in [1.29, 1.82) is 0 Å². The predicted octanol–water partition coefficient (Wildman–Crippen LogP) is 7.53. The number of rotatable bonds is 12. The number of nitrogens with one attached hydrogen (secondary N) is 1. The van der Waals surface area contributed by atoms with Gasteiger partial charge in [-0.05, 0) is 69.9 Å². The monoisotopic (exact) mass is 917 g/mol. The number of hydrogen-bond donors (Lipinski definition) is 3. The van der Waals surface area contributed by atoms with Gasteiger partial charge < -0.3 is 26.3 Å². The van der Waals surface area contributed by atoms with Gasteiger partial charge in [-0.3, -0.25) is 4.90 Å². The molecule has 0 amide bonds. The molecule has 4 aliphatic rings. The molecule has 7 heterocycles. The van der Waals surface area contributed by atoms with E-state index in [4.69, 9.17) is 41.4 Å². The van der Waals surface area contributed by atoms with Gasteiger partial charge in [-0.2, -0.15) is 29.8 Å². The van der Waals surface area contributed by atoms with Gasteiger partial charge >= 0.3 is 11.9 Å². The van der Waals surface area contributed by atoms with Crippen LogP contribution in [-0.2, 0) is 23.6 Å². The first kappa shape index (κ1) is 45.5. The number of allylic oxidation sites excluding steroid dienone is 1. The molecular weight excluding hydrogens is 857 g/mol. The van der Waals surface area contributed by atoms with Crippen molar-refractivity contribution < 1.29 is 19.1 Å². The molecular formula is C45H60N18O4. The zero-order valence-corrected chi connectivity index (χ0v) is 38.7. The van der Waals surface area contributed by atoms with Gasteiger partial charge in [-0.25, -0.2) is 28.9 Å². The van der Waals surface area contributed by atoms with Gasteiger partial charge in [0, 0.05) is 26.2 Å². The van der Waals surface area contributed by atoms with Crippen molar-refractivity contribution >= 4 is 46.6 Å². The molecule has 4 unspecified atom stereocenters. The zero-order valence-electron chi connectivity index (χ0n) is 38.7. The lowest BCUT2D eigenvalue weighted by Crippen LogP contribution is -2.40. The number of methoxy groups -OCH3 is 2. The minimum absolute atomic E-state index is 0.136. The van der Waals surface area contributed by atoms with Crippen LogP contribution in [-0.4, -0.2) is 99.3 Å². The van der Waals surface area contributed by atoms with E-state index in [0.29, 0.717) is 46.2 Å². The van der Waals surface area contributed by atoms with Crippen LogP contribution in [0.2, 0.25) is 0 Å². The summed E-state index contributed by atoms with van der Waals surface area (Å²) in [5, 5.41) is 41.2. The maximum absolute atomic E-state index is 12.7. The van der Waals surface area contributed by atoms with Gasteiger partial charge in [0.2, 0.25) is 0 Å². The van der Waals surface area contributed by atoms with Crippen molar-refractivity contribution in [1.82, 2.24) is 59.3 Å². The minimum atomic E-state index is -0.588. The van der Waals surface area contributed by atoms with Crippen molar-refractivity contribution in [2.24, 2.45) is 46.4 Å². The number of aryl methyl sites for hydroxylation is 2. The molecule has 3 fully saturated rings. The summed E-state index contributed by atoms with van der Waals surface area (Å²) in [6.07, 6.45) is 24.1. The van der Waals surface area contributed by atoms with Crippen LogP contribution >= 0.6 is 0 Å². The van der Waals surface area contributed by atoms with E-state index in [1.54, 1.807) is 29.5 Å². The summed E-state index contributed by atoms with van der Waals surface area (Å²) in [4.78, 5) is 37.2. The summed E-state index contributed by atoms with van der Waals surface area (Å²) in [6, 6.07) is 1.64. The standard InChI is InChI=1S/C45H60N18O4/c1-59-42(30(24-51-59)44(64)66-3)55-53-38-36(32-20-12-13-22-61(32)28-17-10-5-6-11-18-28)57-62(40(38)46)33-23-34(50-26-49-33)63-41(47)39(54-56-43-31(45(65)67-4)25-52-60(43)2)37(58-63)35-29(19-14-21-48-35)27-15-8-7-9-16-27/h10,17,23-29,32,35,48H,5-9,11-16,18-22,46-47H2,1-4H3. The van der Waals surface area contributed by atoms with Crippen molar-refractivity contribution in [3.63, 3.8) is 0 Å². The first-order valence-corrected chi connectivity index (χ1v) is 23.5. The Labute approximate surface area is 388 Å². The molecule has 0 spiro atoms. The van der Waals surface area contributed by atoms with Crippen LogP contribution in [0.4, 0.5) is 34.6 Å². The van der Waals surface area contributed by atoms with E-state index in [-0.39, 0.29) is 52.5 Å². The number of esters is 2. The number of nitrogen functional groups attached to an aromatic ring is 2. The summed E-state index contributed by atoms with van der Waals surface area (Å²) in [7, 11) is 5.97. The Morgan fingerprint density at radius 2 is 1.31 bits per heavy atom. The number of likely N-dealkylation sites (tertiary alicyclic amines) is 1. The normalized spacial score (nSPS) is 22.1. The Hall–Kier alpha value is -6.68. The molecule has 2 aliphatic carbocycles. The highest BCUT2D eigenvalue weighted by atomic mass is 16.5. The Bertz CT molecular complexity index is 2670. The van der Waals surface area contributed by atoms with Crippen LogP contribution in [0, 0.1) is 11.8 Å². The molecule has 0 aromatic carbocycles. The number of nitrogens with zero attached hydrogens (tertiary/aromatic N) is 15. The molecule has 2 saturated heterocycles. The average Bonchev–Trinajstić information content (AvgIpc) is 4.05. The Morgan fingerprint density at radius 1 is 0.716 bits per heavy atom. The van der Waals surface area contributed by atoms with Crippen LogP contribution < -0.4 is 16.8 Å². The van der Waals surface area contributed by atoms with Crippen LogP contribution in [0.25, 0.3) is 11.6 Å². The van der Waals surface area contributed by atoms with Crippen LogP contribution in [0.3, 0.4) is 0 Å². The number of carbonyl (C=O) groups is 2. The van der Waals surface area contributed by atoms with Gasteiger partial charge in [-0.15, -0.1) is 20.5 Å². The van der Waals surface area contributed by atoms with Crippen molar-refractivity contribution in [2.45, 2.75) is 108 Å². The summed E-state index contributed by atoms with van der Waals surface area (Å²) in [5.41, 5.74) is 16.5. The van der Waals surface area contributed by atoms with E-state index < -0.39 is 11.9 Å². The lowest BCUT2D eigenvalue weighted by atomic mass is 9.72. The SMILES string of the molecule is COC(=O)c1cnn(C)c1N=Nc1c(C2NCCCC2C2CCCCC2)nn(-c2cc(-n3nc(C4CCCCN4C4C=CCCCC4)c(N=Nc4c(C(=O)OC)cnn4C)c3N)ncn2)c1N. The Kier molecular flexibility index (Phi) is 13.6. The second-order valence-electron chi connectivity index (χ2n) is 17.9. The number of piperidine rings is 2. The molecule has 0 bridgehead atoms. The highest BCUT2D eigenvalue weighted by Gasteiger charge is 2.38. The fourth-order valence-electron chi connectivity index (χ4n) is 10.4. The summed E-state index contributed by atoms with van der Waals surface area (Å²) < 4.78 is 16.0. The van der Waals surface area contributed by atoms with E-state index in [0.717, 1.165) is 83.7 Å². The van der Waals surface area contributed by atoms with E-state index in [1.807, 2.05) is 0 Å². The fraction of sp³-hybridized carbons (Fsp3) is 0.556. The van der Waals surface area contributed by atoms with Crippen LogP contribution in [0.1, 0.15) is 134 Å². The third kappa shape index (κ3) is 9.10. The largest absolute Gasteiger partial charge is 0.465 e. The topological polar surface area (TPSA) is 266 Å². The van der Waals surface area contributed by atoms with Gasteiger partial charge in [0.25, 0.3) is 0 Å². The molecule has 4 atom stereocenters. The molecule has 5 aromatic heterocycles. The zero-order chi connectivity index (χ0) is 46.6. The third-order valence-electron chi connectivity index (χ3n) is 13.9. The molecule has 5 aromatic rings. The first-order valence-electron chi connectivity index (χ1n) is 23.5. The van der Waals surface area contributed by atoms with Gasteiger partial charge in [0.15, 0.2) is 46.3 Å². The van der Waals surface area contributed by atoms with Crippen LogP contribution in [0.15, 0.2) is 57.4 Å². The van der Waals surface area contributed by atoms with Gasteiger partial charge in [0.05, 0.1) is 38.7 Å². The molecule has 22 heteroatoms. The average molecular weight is 917 g/mol. The molecule has 9 rings (SSSR count). The van der Waals surface area contributed by atoms with Gasteiger partial charge in [0.1, 0.15) is 28.8 Å². The third-order valence-corrected chi connectivity index (χ3v) is 13.9. The highest BCUT2D eigenvalue weighted by molar-refractivity contribution is 5.94. The van der Waals surface area contributed by atoms with Crippen LogP contribution in [0.5, 0.6) is 0 Å². The second-order valence-corrected chi connectivity index (χ2v) is 17.9. The second kappa shape index (κ2) is 20.0.